The highest BCUT2D eigenvalue weighted by Gasteiger charge is 2.18. The van der Waals surface area contributed by atoms with E-state index < -0.39 is 11.5 Å². The minimum atomic E-state index is -0.833. The number of benzene rings is 2. The molecule has 0 fully saturated rings. The quantitative estimate of drug-likeness (QED) is 0.476. The number of ether oxygens (including phenoxy) is 1. The summed E-state index contributed by atoms with van der Waals surface area (Å²) in [4.78, 5) is 24.8. The number of carbonyl (C=O) groups is 1. The summed E-state index contributed by atoms with van der Waals surface area (Å²) in [7, 11) is 1.45. The molecule has 4 rings (SSSR count). The molecule has 4 aromatic rings. The van der Waals surface area contributed by atoms with E-state index in [1.165, 1.54) is 13.2 Å². The SMILES string of the molecule is COc1cccc2cc(C(=O)Nc3nnc(-c4cc(Cl)cc(Cl)c4)o3)c(=O)oc12. The van der Waals surface area contributed by atoms with Crippen molar-refractivity contribution >= 4 is 46.1 Å². The molecule has 0 saturated heterocycles. The summed E-state index contributed by atoms with van der Waals surface area (Å²) in [5.41, 5.74) is -0.334. The number of anilines is 1. The molecule has 0 spiro atoms. The van der Waals surface area contributed by atoms with E-state index in [-0.39, 0.29) is 23.1 Å². The fourth-order valence-electron chi connectivity index (χ4n) is 2.67. The summed E-state index contributed by atoms with van der Waals surface area (Å²) in [6.45, 7) is 0. The fraction of sp³-hybridized carbons (Fsp3) is 0.0526. The highest BCUT2D eigenvalue weighted by atomic mass is 35.5. The smallest absolute Gasteiger partial charge is 0.349 e. The Bertz CT molecular complexity index is 1280. The molecule has 1 N–H and O–H groups in total. The van der Waals surface area contributed by atoms with Gasteiger partial charge < -0.3 is 13.6 Å². The van der Waals surface area contributed by atoms with E-state index in [9.17, 15) is 9.59 Å². The monoisotopic (exact) mass is 431 g/mol. The summed E-state index contributed by atoms with van der Waals surface area (Å²) in [5.74, 6) is -0.281. The van der Waals surface area contributed by atoms with Crippen LogP contribution in [0.25, 0.3) is 22.4 Å². The van der Waals surface area contributed by atoms with E-state index in [4.69, 9.17) is 36.8 Å². The molecular formula is C19H11Cl2N3O5. The van der Waals surface area contributed by atoms with Crippen LogP contribution in [0.15, 0.2) is 56.1 Å². The fourth-order valence-corrected chi connectivity index (χ4v) is 3.19. The van der Waals surface area contributed by atoms with Gasteiger partial charge in [-0.3, -0.25) is 10.1 Å². The van der Waals surface area contributed by atoms with Crippen molar-refractivity contribution in [2.24, 2.45) is 0 Å². The molecule has 2 aromatic heterocycles. The Morgan fingerprint density at radius 3 is 2.55 bits per heavy atom. The van der Waals surface area contributed by atoms with Crippen LogP contribution >= 0.6 is 23.2 Å². The highest BCUT2D eigenvalue weighted by Crippen LogP contribution is 2.28. The van der Waals surface area contributed by atoms with Gasteiger partial charge in [-0.25, -0.2) is 4.79 Å². The zero-order chi connectivity index (χ0) is 20.5. The van der Waals surface area contributed by atoms with Crippen LogP contribution in [0.2, 0.25) is 10.0 Å². The van der Waals surface area contributed by atoms with E-state index in [0.29, 0.717) is 26.7 Å². The van der Waals surface area contributed by atoms with E-state index >= 15 is 0 Å². The van der Waals surface area contributed by atoms with Crippen molar-refractivity contribution in [3.63, 3.8) is 0 Å². The minimum Gasteiger partial charge on any atom is -0.493 e. The topological polar surface area (TPSA) is 107 Å². The van der Waals surface area contributed by atoms with Crippen molar-refractivity contribution in [1.29, 1.82) is 0 Å². The van der Waals surface area contributed by atoms with Crippen LogP contribution in [-0.2, 0) is 0 Å². The standard InChI is InChI=1S/C19H11Cl2N3O5/c1-27-14-4-2-3-9-7-13(18(26)28-15(9)14)16(25)22-19-24-23-17(29-19)10-5-11(20)8-12(21)6-10/h2-8H,1H3,(H,22,24,25). The van der Waals surface area contributed by atoms with Gasteiger partial charge in [0.1, 0.15) is 5.56 Å². The molecule has 0 aliphatic rings. The molecule has 29 heavy (non-hydrogen) atoms. The number of carbonyl (C=O) groups excluding carboxylic acids is 1. The number of fused-ring (bicyclic) bond motifs is 1. The Morgan fingerprint density at radius 2 is 1.83 bits per heavy atom. The third kappa shape index (κ3) is 3.80. The van der Waals surface area contributed by atoms with Crippen molar-refractivity contribution in [2.45, 2.75) is 0 Å². The predicted octanol–water partition coefficient (Wildman–Crippen LogP) is 4.41. The van der Waals surface area contributed by atoms with Gasteiger partial charge in [-0.15, -0.1) is 5.10 Å². The highest BCUT2D eigenvalue weighted by molar-refractivity contribution is 6.35. The molecule has 0 atom stereocenters. The van der Waals surface area contributed by atoms with Gasteiger partial charge in [0.2, 0.25) is 5.89 Å². The van der Waals surface area contributed by atoms with Gasteiger partial charge in [0, 0.05) is 21.0 Å². The first-order valence-corrected chi connectivity index (χ1v) is 8.92. The average molecular weight is 432 g/mol. The summed E-state index contributed by atoms with van der Waals surface area (Å²) >= 11 is 11.9. The molecular weight excluding hydrogens is 421 g/mol. The van der Waals surface area contributed by atoms with Gasteiger partial charge in [0.15, 0.2) is 11.3 Å². The van der Waals surface area contributed by atoms with Crippen LogP contribution in [0.4, 0.5) is 6.01 Å². The van der Waals surface area contributed by atoms with Crippen molar-refractivity contribution in [3.05, 3.63) is 68.5 Å². The molecule has 0 bridgehead atoms. The second-order valence-electron chi connectivity index (χ2n) is 5.85. The minimum absolute atomic E-state index is 0.0972. The molecule has 2 heterocycles. The van der Waals surface area contributed by atoms with Gasteiger partial charge in [-0.1, -0.05) is 40.4 Å². The first kappa shape index (κ1) is 19.0. The number of halogens is 2. The number of nitrogens with one attached hydrogen (secondary N) is 1. The van der Waals surface area contributed by atoms with E-state index in [0.717, 1.165) is 0 Å². The molecule has 10 heteroatoms. The lowest BCUT2D eigenvalue weighted by atomic mass is 10.1. The third-order valence-electron chi connectivity index (χ3n) is 3.94. The van der Waals surface area contributed by atoms with Crippen molar-refractivity contribution in [3.8, 4) is 17.2 Å². The summed E-state index contributed by atoms with van der Waals surface area (Å²) in [6.07, 6.45) is 0. The lowest BCUT2D eigenvalue weighted by Crippen LogP contribution is -2.20. The number of amides is 1. The van der Waals surface area contributed by atoms with Crippen molar-refractivity contribution in [2.75, 3.05) is 12.4 Å². The first-order chi connectivity index (χ1) is 13.9. The molecule has 146 valence electrons. The van der Waals surface area contributed by atoms with Crippen molar-refractivity contribution < 1.29 is 18.4 Å². The zero-order valence-electron chi connectivity index (χ0n) is 14.7. The van der Waals surface area contributed by atoms with Crippen LogP contribution < -0.4 is 15.7 Å². The first-order valence-electron chi connectivity index (χ1n) is 8.17. The number of aromatic nitrogens is 2. The maximum absolute atomic E-state index is 12.5. The summed E-state index contributed by atoms with van der Waals surface area (Å²) in [5, 5.41) is 11.3. The molecule has 0 aliphatic carbocycles. The number of hydrogen-bond donors (Lipinski definition) is 1. The maximum Gasteiger partial charge on any atom is 0.349 e. The Labute approximate surface area is 173 Å². The lowest BCUT2D eigenvalue weighted by Gasteiger charge is -2.05. The Kier molecular flexibility index (Phi) is 4.96. The number of para-hydroxylation sites is 1. The molecule has 0 radical (unpaired) electrons. The normalized spacial score (nSPS) is 10.9. The van der Waals surface area contributed by atoms with E-state index in [1.54, 1.807) is 36.4 Å². The van der Waals surface area contributed by atoms with Crippen LogP contribution in [0.1, 0.15) is 10.4 Å². The molecule has 0 saturated carbocycles. The van der Waals surface area contributed by atoms with Crippen LogP contribution in [0, 0.1) is 0 Å². The van der Waals surface area contributed by atoms with Crippen LogP contribution in [0.5, 0.6) is 5.75 Å². The van der Waals surface area contributed by atoms with Gasteiger partial charge >= 0.3 is 11.6 Å². The number of nitrogens with zero attached hydrogens (tertiary/aromatic N) is 2. The average Bonchev–Trinajstić information content (AvgIpc) is 3.14. The van der Waals surface area contributed by atoms with Gasteiger partial charge in [-0.2, -0.15) is 0 Å². The van der Waals surface area contributed by atoms with Crippen LogP contribution in [0.3, 0.4) is 0 Å². The van der Waals surface area contributed by atoms with Gasteiger partial charge in [-0.05, 0) is 30.3 Å². The van der Waals surface area contributed by atoms with Crippen molar-refractivity contribution in [1.82, 2.24) is 10.2 Å². The Balaban J connectivity index is 1.63. The molecule has 0 unspecified atom stereocenters. The lowest BCUT2D eigenvalue weighted by molar-refractivity contribution is 0.102. The molecule has 2 aromatic carbocycles. The molecule has 1 amide bonds. The maximum atomic E-state index is 12.5. The third-order valence-corrected chi connectivity index (χ3v) is 4.38. The number of methoxy groups -OCH3 is 1. The van der Waals surface area contributed by atoms with Crippen LogP contribution in [-0.4, -0.2) is 23.2 Å². The molecule has 0 aliphatic heterocycles. The zero-order valence-corrected chi connectivity index (χ0v) is 16.2. The largest absolute Gasteiger partial charge is 0.493 e. The second kappa shape index (κ2) is 7.57. The number of rotatable bonds is 4. The summed E-state index contributed by atoms with van der Waals surface area (Å²) < 4.78 is 15.8. The van der Waals surface area contributed by atoms with E-state index in [1.807, 2.05) is 0 Å². The second-order valence-corrected chi connectivity index (χ2v) is 6.72. The van der Waals surface area contributed by atoms with E-state index in [2.05, 4.69) is 15.5 Å². The van der Waals surface area contributed by atoms with Gasteiger partial charge in [0.25, 0.3) is 5.91 Å². The Hall–Kier alpha value is -3.36. The summed E-state index contributed by atoms with van der Waals surface area (Å²) in [6, 6.07) is 11.0. The number of hydrogen-bond acceptors (Lipinski definition) is 7. The predicted molar refractivity (Wildman–Crippen MR) is 107 cm³/mol. The molecule has 8 nitrogen and oxygen atoms in total. The van der Waals surface area contributed by atoms with Gasteiger partial charge in [0.05, 0.1) is 7.11 Å². The Morgan fingerprint density at radius 1 is 1.07 bits per heavy atom.